The number of halogens is 2. The van der Waals surface area contributed by atoms with Crippen molar-refractivity contribution in [1.29, 1.82) is 0 Å². The van der Waals surface area contributed by atoms with E-state index in [9.17, 15) is 17.2 Å². The van der Waals surface area contributed by atoms with Crippen molar-refractivity contribution in [1.82, 2.24) is 14.4 Å². The lowest BCUT2D eigenvalue weighted by Gasteiger charge is -2.12. The van der Waals surface area contributed by atoms with Crippen LogP contribution in [0.4, 0.5) is 14.5 Å². The van der Waals surface area contributed by atoms with Crippen LogP contribution in [0.3, 0.4) is 0 Å². The number of aromatic nitrogens is 3. The van der Waals surface area contributed by atoms with Gasteiger partial charge in [0.2, 0.25) is 15.8 Å². The number of imidazole rings is 1. The molecule has 4 rings (SSSR count). The van der Waals surface area contributed by atoms with Crippen LogP contribution in [0.15, 0.2) is 70.8 Å². The molecule has 2 aromatic heterocycles. The highest BCUT2D eigenvalue weighted by Crippen LogP contribution is 2.38. The summed E-state index contributed by atoms with van der Waals surface area (Å²) in [7, 11) is -3.55. The molecular formula is C19H14F2N4O2S2. The average Bonchev–Trinajstić information content (AvgIpc) is 3.08. The Kier molecular flexibility index (Phi) is 4.97. The van der Waals surface area contributed by atoms with E-state index in [1.807, 2.05) is 6.20 Å². The molecule has 0 aliphatic carbocycles. The van der Waals surface area contributed by atoms with Gasteiger partial charge in [-0.2, -0.15) is 0 Å². The number of rotatable bonds is 5. The number of nitrogens with one attached hydrogen (secondary N) is 1. The van der Waals surface area contributed by atoms with Gasteiger partial charge < -0.3 is 0 Å². The number of benzene rings is 2. The lowest BCUT2D eigenvalue weighted by Crippen LogP contribution is -2.10. The van der Waals surface area contributed by atoms with Crippen molar-refractivity contribution >= 4 is 33.3 Å². The first-order chi connectivity index (χ1) is 13.8. The van der Waals surface area contributed by atoms with Crippen LogP contribution >= 0.6 is 11.8 Å². The van der Waals surface area contributed by atoms with E-state index in [2.05, 4.69) is 14.7 Å². The number of sulfonamides is 1. The molecule has 0 spiro atoms. The molecule has 0 fully saturated rings. The first-order valence-corrected chi connectivity index (χ1v) is 11.0. The van der Waals surface area contributed by atoms with E-state index in [4.69, 9.17) is 0 Å². The van der Waals surface area contributed by atoms with Crippen LogP contribution in [-0.2, 0) is 10.0 Å². The molecule has 0 saturated carbocycles. The smallest absolute Gasteiger partial charge is 0.234 e. The Morgan fingerprint density at radius 3 is 2.66 bits per heavy atom. The molecule has 0 saturated heterocycles. The zero-order chi connectivity index (χ0) is 20.6. The van der Waals surface area contributed by atoms with E-state index >= 15 is 0 Å². The highest BCUT2D eigenvalue weighted by Gasteiger charge is 2.15. The molecule has 29 heavy (non-hydrogen) atoms. The van der Waals surface area contributed by atoms with Crippen LogP contribution in [0.1, 0.15) is 0 Å². The Balaban J connectivity index is 1.79. The molecule has 2 aromatic carbocycles. The molecule has 0 unspecified atom stereocenters. The fourth-order valence-corrected chi connectivity index (χ4v) is 4.28. The minimum absolute atomic E-state index is 0.164. The van der Waals surface area contributed by atoms with Crippen molar-refractivity contribution in [2.45, 2.75) is 9.79 Å². The zero-order valence-corrected chi connectivity index (χ0v) is 16.6. The maximum atomic E-state index is 14.1. The lowest BCUT2D eigenvalue weighted by molar-refractivity contribution is 0.565. The Morgan fingerprint density at radius 1 is 1.10 bits per heavy atom. The standard InChI is InChI=1S/C19H14F2N4O2S2/c1-29(26,27)24-15-5-3-12(16-11-25-8-2-7-22-19(25)23-16)9-18(15)28-17-6-4-13(20)10-14(17)21/h2-11,24H,1H3. The highest BCUT2D eigenvalue weighted by molar-refractivity contribution is 7.99. The van der Waals surface area contributed by atoms with Crippen LogP contribution in [-0.4, -0.2) is 29.0 Å². The SMILES string of the molecule is CS(=O)(=O)Nc1ccc(-c2cn3cccnc3n2)cc1Sc1ccc(F)cc1F. The molecule has 10 heteroatoms. The Morgan fingerprint density at radius 2 is 1.93 bits per heavy atom. The fraction of sp³-hybridized carbons (Fsp3) is 0.0526. The molecule has 0 bridgehead atoms. The molecule has 0 aliphatic rings. The molecule has 148 valence electrons. The van der Waals surface area contributed by atoms with Gasteiger partial charge in [0.05, 0.1) is 17.6 Å². The number of nitrogens with zero attached hydrogens (tertiary/aromatic N) is 3. The number of fused-ring (bicyclic) bond motifs is 1. The second-order valence-corrected chi connectivity index (χ2v) is 9.05. The average molecular weight is 432 g/mol. The van der Waals surface area contributed by atoms with E-state index in [1.165, 1.54) is 6.07 Å². The molecule has 6 nitrogen and oxygen atoms in total. The summed E-state index contributed by atoms with van der Waals surface area (Å²) < 4.78 is 55.0. The van der Waals surface area contributed by atoms with Gasteiger partial charge in [0, 0.05) is 40.0 Å². The molecule has 4 aromatic rings. The monoisotopic (exact) mass is 432 g/mol. The van der Waals surface area contributed by atoms with E-state index in [1.54, 1.807) is 41.1 Å². The molecule has 2 heterocycles. The third kappa shape index (κ3) is 4.38. The zero-order valence-electron chi connectivity index (χ0n) is 15.0. The maximum absolute atomic E-state index is 14.1. The van der Waals surface area contributed by atoms with E-state index < -0.39 is 21.7 Å². The summed E-state index contributed by atoms with van der Waals surface area (Å²) >= 11 is 0.987. The van der Waals surface area contributed by atoms with Crippen molar-refractivity contribution in [3.63, 3.8) is 0 Å². The van der Waals surface area contributed by atoms with Crippen molar-refractivity contribution < 1.29 is 17.2 Å². The van der Waals surface area contributed by atoms with Gasteiger partial charge in [0.25, 0.3) is 0 Å². The van der Waals surface area contributed by atoms with Crippen LogP contribution in [0.2, 0.25) is 0 Å². The fourth-order valence-electron chi connectivity index (χ4n) is 2.70. The van der Waals surface area contributed by atoms with Crippen molar-refractivity contribution in [3.8, 4) is 11.3 Å². The molecule has 0 amide bonds. The quantitative estimate of drug-likeness (QED) is 0.512. The van der Waals surface area contributed by atoms with Gasteiger partial charge in [-0.05, 0) is 30.3 Å². The highest BCUT2D eigenvalue weighted by atomic mass is 32.2. The Hall–Kier alpha value is -2.98. The second kappa shape index (κ2) is 7.45. The summed E-state index contributed by atoms with van der Waals surface area (Å²) in [5.74, 6) is -0.908. The van der Waals surface area contributed by atoms with Gasteiger partial charge in [0.1, 0.15) is 11.6 Å². The predicted octanol–water partition coefficient (Wildman–Crippen LogP) is 4.20. The molecule has 0 aliphatic heterocycles. The molecule has 0 atom stereocenters. The summed E-state index contributed by atoms with van der Waals surface area (Å²) in [6, 6.07) is 9.99. The maximum Gasteiger partial charge on any atom is 0.234 e. The predicted molar refractivity (Wildman–Crippen MR) is 107 cm³/mol. The van der Waals surface area contributed by atoms with Crippen molar-refractivity contribution in [2.75, 3.05) is 11.0 Å². The Bertz CT molecular complexity index is 1290. The topological polar surface area (TPSA) is 76.4 Å². The van der Waals surface area contributed by atoms with Gasteiger partial charge >= 0.3 is 0 Å². The minimum Gasteiger partial charge on any atom is -0.291 e. The second-order valence-electron chi connectivity index (χ2n) is 6.22. The number of anilines is 1. The van der Waals surface area contributed by atoms with Gasteiger partial charge in [-0.25, -0.2) is 27.2 Å². The largest absolute Gasteiger partial charge is 0.291 e. The summed E-state index contributed by atoms with van der Waals surface area (Å²) in [6.07, 6.45) is 6.25. The van der Waals surface area contributed by atoms with Gasteiger partial charge in [-0.1, -0.05) is 17.8 Å². The third-order valence-electron chi connectivity index (χ3n) is 3.92. The first-order valence-electron chi connectivity index (χ1n) is 8.33. The van der Waals surface area contributed by atoms with Gasteiger partial charge in [-0.3, -0.25) is 9.12 Å². The van der Waals surface area contributed by atoms with Crippen LogP contribution in [0.25, 0.3) is 17.0 Å². The van der Waals surface area contributed by atoms with Crippen LogP contribution < -0.4 is 4.72 Å². The molecular weight excluding hydrogens is 418 g/mol. The molecule has 0 radical (unpaired) electrons. The van der Waals surface area contributed by atoms with E-state index in [-0.39, 0.29) is 10.6 Å². The summed E-state index contributed by atoms with van der Waals surface area (Å²) in [5, 5.41) is 0. The van der Waals surface area contributed by atoms with Crippen molar-refractivity contribution in [3.05, 3.63) is 72.7 Å². The lowest BCUT2D eigenvalue weighted by atomic mass is 10.1. The Labute approximate surface area is 169 Å². The summed E-state index contributed by atoms with van der Waals surface area (Å²) in [4.78, 5) is 9.23. The summed E-state index contributed by atoms with van der Waals surface area (Å²) in [6.45, 7) is 0. The van der Waals surface area contributed by atoms with Gasteiger partial charge in [0.15, 0.2) is 0 Å². The van der Waals surface area contributed by atoms with Crippen LogP contribution in [0.5, 0.6) is 0 Å². The van der Waals surface area contributed by atoms with E-state index in [0.717, 1.165) is 30.2 Å². The van der Waals surface area contributed by atoms with Crippen LogP contribution in [0, 0.1) is 11.6 Å². The van der Waals surface area contributed by atoms with Gasteiger partial charge in [-0.15, -0.1) is 0 Å². The number of hydrogen-bond acceptors (Lipinski definition) is 5. The van der Waals surface area contributed by atoms with E-state index in [0.29, 0.717) is 21.9 Å². The third-order valence-corrected chi connectivity index (χ3v) is 5.62. The number of hydrogen-bond donors (Lipinski definition) is 1. The molecule has 1 N–H and O–H groups in total. The summed E-state index contributed by atoms with van der Waals surface area (Å²) in [5.41, 5.74) is 1.60. The minimum atomic E-state index is -3.55. The first kappa shape index (κ1) is 19.3. The van der Waals surface area contributed by atoms with Crippen molar-refractivity contribution in [2.24, 2.45) is 0 Å². The normalized spacial score (nSPS) is 11.7.